The van der Waals surface area contributed by atoms with Gasteiger partial charge in [-0.25, -0.2) is 4.79 Å². The highest BCUT2D eigenvalue weighted by atomic mass is 16.8. The molecule has 1 fully saturated rings. The van der Waals surface area contributed by atoms with Crippen LogP contribution in [-0.4, -0.2) is 40.3 Å². The fourth-order valence-electron chi connectivity index (χ4n) is 3.20. The van der Waals surface area contributed by atoms with Crippen LogP contribution >= 0.6 is 0 Å². The van der Waals surface area contributed by atoms with Crippen molar-refractivity contribution in [1.82, 2.24) is 0 Å². The molecule has 22 heavy (non-hydrogen) atoms. The lowest BCUT2D eigenvalue weighted by Crippen LogP contribution is -2.45. The molecule has 3 rings (SSSR count). The highest BCUT2D eigenvalue weighted by Gasteiger charge is 2.51. The van der Waals surface area contributed by atoms with Gasteiger partial charge in [0.05, 0.1) is 6.61 Å². The average Bonchev–Trinajstić information content (AvgIpc) is 2.91. The summed E-state index contributed by atoms with van der Waals surface area (Å²) in [7, 11) is 0. The van der Waals surface area contributed by atoms with E-state index in [1.807, 2.05) is 20.8 Å². The number of rotatable bonds is 2. The molecule has 0 saturated carbocycles. The number of fused-ring (bicyclic) bond motifs is 1. The van der Waals surface area contributed by atoms with Crippen molar-refractivity contribution in [1.29, 1.82) is 0 Å². The van der Waals surface area contributed by atoms with Gasteiger partial charge in [-0.2, -0.15) is 0 Å². The van der Waals surface area contributed by atoms with E-state index < -0.39 is 17.4 Å². The molecule has 120 valence electrons. The second-order valence-corrected chi connectivity index (χ2v) is 6.61. The molecule has 0 bridgehead atoms. The lowest BCUT2D eigenvalue weighted by Gasteiger charge is -2.30. The third-order valence-corrected chi connectivity index (χ3v) is 4.30. The Morgan fingerprint density at radius 1 is 1.36 bits per heavy atom. The Balaban J connectivity index is 1.94. The SMILES string of the molecule is Cc1cc2c(c(O)c1C(=O)O)C[C@H]([C@@]1(C)COC(C)(C)O1)O2. The van der Waals surface area contributed by atoms with E-state index in [1.54, 1.807) is 13.0 Å². The summed E-state index contributed by atoms with van der Waals surface area (Å²) in [5.74, 6) is -1.53. The minimum Gasteiger partial charge on any atom is -0.507 e. The van der Waals surface area contributed by atoms with E-state index in [4.69, 9.17) is 14.2 Å². The van der Waals surface area contributed by atoms with Crippen LogP contribution in [0.3, 0.4) is 0 Å². The summed E-state index contributed by atoms with van der Waals surface area (Å²) in [6, 6.07) is 1.66. The maximum atomic E-state index is 11.3. The number of carbonyl (C=O) groups is 1. The van der Waals surface area contributed by atoms with Gasteiger partial charge in [-0.1, -0.05) is 0 Å². The Kier molecular flexibility index (Phi) is 3.16. The molecule has 0 spiro atoms. The fraction of sp³-hybridized carbons (Fsp3) is 0.562. The van der Waals surface area contributed by atoms with Crippen molar-refractivity contribution in [2.75, 3.05) is 6.61 Å². The molecular weight excluding hydrogens is 288 g/mol. The molecule has 0 aromatic heterocycles. The first kappa shape index (κ1) is 15.1. The number of carboxylic acid groups (broad SMARTS) is 1. The fourth-order valence-corrected chi connectivity index (χ4v) is 3.20. The predicted molar refractivity (Wildman–Crippen MR) is 77.4 cm³/mol. The molecular formula is C16H20O6. The zero-order valence-electron chi connectivity index (χ0n) is 13.1. The monoisotopic (exact) mass is 308 g/mol. The highest BCUT2D eigenvalue weighted by Crippen LogP contribution is 2.45. The van der Waals surface area contributed by atoms with Gasteiger partial charge in [0.25, 0.3) is 0 Å². The summed E-state index contributed by atoms with van der Waals surface area (Å²) < 4.78 is 17.5. The molecule has 0 amide bonds. The molecule has 2 atom stereocenters. The van der Waals surface area contributed by atoms with Crippen molar-refractivity contribution in [3.8, 4) is 11.5 Å². The van der Waals surface area contributed by atoms with Crippen molar-refractivity contribution in [2.24, 2.45) is 0 Å². The first-order valence-corrected chi connectivity index (χ1v) is 7.22. The first-order valence-electron chi connectivity index (χ1n) is 7.22. The normalized spacial score (nSPS) is 29.2. The van der Waals surface area contributed by atoms with Gasteiger partial charge in [0.15, 0.2) is 5.79 Å². The van der Waals surface area contributed by atoms with Gasteiger partial charge >= 0.3 is 5.97 Å². The molecule has 1 aromatic rings. The number of hydrogen-bond acceptors (Lipinski definition) is 5. The minimum absolute atomic E-state index is 0.0722. The molecule has 1 saturated heterocycles. The van der Waals surface area contributed by atoms with E-state index in [1.165, 1.54) is 0 Å². The predicted octanol–water partition coefficient (Wildman–Crippen LogP) is 2.24. The van der Waals surface area contributed by atoms with E-state index in [-0.39, 0.29) is 17.4 Å². The molecule has 0 radical (unpaired) electrons. The Morgan fingerprint density at radius 3 is 2.59 bits per heavy atom. The highest BCUT2D eigenvalue weighted by molar-refractivity contribution is 5.93. The number of carboxylic acids is 1. The van der Waals surface area contributed by atoms with Gasteiger partial charge in [0.2, 0.25) is 0 Å². The summed E-state index contributed by atoms with van der Waals surface area (Å²) in [5, 5.41) is 19.5. The molecule has 6 heteroatoms. The number of hydrogen-bond donors (Lipinski definition) is 2. The first-order chi connectivity index (χ1) is 10.1. The molecule has 2 aliphatic heterocycles. The zero-order chi connectivity index (χ0) is 16.3. The lowest BCUT2D eigenvalue weighted by atomic mass is 9.94. The van der Waals surface area contributed by atoms with Crippen LogP contribution in [0.1, 0.15) is 42.3 Å². The second-order valence-electron chi connectivity index (χ2n) is 6.61. The van der Waals surface area contributed by atoms with E-state index in [0.29, 0.717) is 29.9 Å². The second kappa shape index (κ2) is 4.60. The quantitative estimate of drug-likeness (QED) is 0.871. The average molecular weight is 308 g/mol. The van der Waals surface area contributed by atoms with Crippen LogP contribution in [0.2, 0.25) is 0 Å². The van der Waals surface area contributed by atoms with Gasteiger partial charge in [-0.15, -0.1) is 0 Å². The van der Waals surface area contributed by atoms with Crippen LogP contribution in [0.4, 0.5) is 0 Å². The van der Waals surface area contributed by atoms with E-state index in [0.717, 1.165) is 0 Å². The third kappa shape index (κ3) is 2.23. The lowest BCUT2D eigenvalue weighted by molar-refractivity contribution is -0.173. The van der Waals surface area contributed by atoms with Crippen LogP contribution in [0.5, 0.6) is 11.5 Å². The Labute approximate surface area is 128 Å². The molecule has 2 heterocycles. The van der Waals surface area contributed by atoms with Gasteiger partial charge in [0.1, 0.15) is 28.8 Å². The molecule has 6 nitrogen and oxygen atoms in total. The number of aromatic carboxylic acids is 1. The number of ether oxygens (including phenoxy) is 3. The maximum absolute atomic E-state index is 11.3. The number of aromatic hydroxyl groups is 1. The summed E-state index contributed by atoms with van der Waals surface area (Å²) in [6.45, 7) is 7.60. The van der Waals surface area contributed by atoms with Crippen LogP contribution in [0.25, 0.3) is 0 Å². The van der Waals surface area contributed by atoms with Crippen LogP contribution in [0, 0.1) is 6.92 Å². The molecule has 0 aliphatic carbocycles. The van der Waals surface area contributed by atoms with Crippen molar-refractivity contribution >= 4 is 5.97 Å². The maximum Gasteiger partial charge on any atom is 0.339 e. The Morgan fingerprint density at radius 2 is 2.05 bits per heavy atom. The summed E-state index contributed by atoms with van der Waals surface area (Å²) in [5.41, 5.74) is 0.268. The van der Waals surface area contributed by atoms with E-state index in [2.05, 4.69) is 0 Å². The third-order valence-electron chi connectivity index (χ3n) is 4.30. The van der Waals surface area contributed by atoms with Gasteiger partial charge in [0, 0.05) is 12.0 Å². The number of phenols is 1. The molecule has 2 aliphatic rings. The van der Waals surface area contributed by atoms with Gasteiger partial charge in [-0.3, -0.25) is 0 Å². The topological polar surface area (TPSA) is 85.2 Å². The standard InChI is InChI=1S/C16H20O6/c1-8-5-10-9(13(17)12(8)14(18)19)6-11(21-10)16(4)7-20-15(2,3)22-16/h5,11,17H,6-7H2,1-4H3,(H,18,19)/t11-,16-/m1/s1. The zero-order valence-corrected chi connectivity index (χ0v) is 13.1. The Hall–Kier alpha value is -1.79. The smallest absolute Gasteiger partial charge is 0.339 e. The molecule has 2 N–H and O–H groups in total. The van der Waals surface area contributed by atoms with Crippen molar-refractivity contribution < 1.29 is 29.2 Å². The van der Waals surface area contributed by atoms with Crippen molar-refractivity contribution in [3.63, 3.8) is 0 Å². The van der Waals surface area contributed by atoms with Crippen molar-refractivity contribution in [2.45, 2.75) is 51.6 Å². The Bertz CT molecular complexity index is 651. The summed E-state index contributed by atoms with van der Waals surface area (Å²) in [6.07, 6.45) is 0.0520. The van der Waals surface area contributed by atoms with Gasteiger partial charge < -0.3 is 24.4 Å². The van der Waals surface area contributed by atoms with Crippen LogP contribution < -0.4 is 4.74 Å². The van der Waals surface area contributed by atoms with E-state index in [9.17, 15) is 15.0 Å². The summed E-state index contributed by atoms with van der Waals surface area (Å²) in [4.78, 5) is 11.3. The molecule has 0 unspecified atom stereocenters. The van der Waals surface area contributed by atoms with E-state index >= 15 is 0 Å². The summed E-state index contributed by atoms with van der Waals surface area (Å²) >= 11 is 0. The van der Waals surface area contributed by atoms with Crippen LogP contribution in [-0.2, 0) is 15.9 Å². The largest absolute Gasteiger partial charge is 0.507 e. The number of aryl methyl sites for hydroxylation is 1. The molecule has 1 aromatic carbocycles. The number of benzene rings is 1. The van der Waals surface area contributed by atoms with Gasteiger partial charge in [-0.05, 0) is 39.3 Å². The van der Waals surface area contributed by atoms with Crippen LogP contribution in [0.15, 0.2) is 6.07 Å². The van der Waals surface area contributed by atoms with Crippen molar-refractivity contribution in [3.05, 3.63) is 22.8 Å². The minimum atomic E-state index is -1.14.